The number of benzene rings is 1. The molecule has 1 rings (SSSR count). The molecule has 0 unspecified atom stereocenters. The van der Waals surface area contributed by atoms with Crippen LogP contribution in [0.3, 0.4) is 0 Å². The highest BCUT2D eigenvalue weighted by molar-refractivity contribution is 5.77. The molecule has 0 aromatic heterocycles. The van der Waals surface area contributed by atoms with Gasteiger partial charge in [-0.15, -0.1) is 0 Å². The molecule has 1 amide bonds. The summed E-state index contributed by atoms with van der Waals surface area (Å²) >= 11 is 0. The van der Waals surface area contributed by atoms with Crippen molar-refractivity contribution < 1.29 is 9.53 Å². The third-order valence-corrected chi connectivity index (χ3v) is 2.29. The fraction of sp³-hybridized carbons (Fsp3) is 0.333. The molecule has 90 valence electrons. The fourth-order valence-electron chi connectivity index (χ4n) is 1.34. The molecule has 5 nitrogen and oxygen atoms in total. The predicted octanol–water partition coefficient (Wildman–Crippen LogP) is 0.904. The zero-order valence-electron chi connectivity index (χ0n) is 9.91. The van der Waals surface area contributed by atoms with Gasteiger partial charge in [0.1, 0.15) is 12.3 Å². The van der Waals surface area contributed by atoms with Crippen molar-refractivity contribution >= 4 is 11.6 Å². The van der Waals surface area contributed by atoms with Crippen LogP contribution in [0.4, 0.5) is 5.69 Å². The quantitative estimate of drug-likeness (QED) is 0.597. The van der Waals surface area contributed by atoms with Gasteiger partial charge in [0.2, 0.25) is 0 Å². The predicted molar refractivity (Wildman–Crippen MR) is 64.4 cm³/mol. The van der Waals surface area contributed by atoms with Gasteiger partial charge in [0, 0.05) is 11.8 Å². The van der Waals surface area contributed by atoms with Crippen molar-refractivity contribution in [2.75, 3.05) is 18.9 Å². The molecular formula is C12H15N3O2. The summed E-state index contributed by atoms with van der Waals surface area (Å²) in [5.74, 6) is 0.255. The lowest BCUT2D eigenvalue weighted by Crippen LogP contribution is -2.29. The summed E-state index contributed by atoms with van der Waals surface area (Å²) in [6, 6.07) is 5.41. The number of amides is 1. The Morgan fingerprint density at radius 3 is 2.82 bits per heavy atom. The zero-order chi connectivity index (χ0) is 12.8. The van der Waals surface area contributed by atoms with E-state index in [1.807, 2.05) is 26.0 Å². The largest absolute Gasteiger partial charge is 0.483 e. The third kappa shape index (κ3) is 3.68. The number of hydrogen-bond acceptors (Lipinski definition) is 4. The van der Waals surface area contributed by atoms with Gasteiger partial charge in [0.25, 0.3) is 5.91 Å². The van der Waals surface area contributed by atoms with Gasteiger partial charge in [-0.05, 0) is 25.0 Å². The second kappa shape index (κ2) is 5.75. The van der Waals surface area contributed by atoms with E-state index in [1.54, 1.807) is 6.07 Å². The Balaban J connectivity index is 2.61. The lowest BCUT2D eigenvalue weighted by molar-refractivity contribution is -0.122. The normalized spacial score (nSPS) is 9.47. The number of nitrogen functional groups attached to an aromatic ring is 1. The zero-order valence-corrected chi connectivity index (χ0v) is 9.91. The smallest absolute Gasteiger partial charge is 0.258 e. The maximum atomic E-state index is 11.2. The Morgan fingerprint density at radius 2 is 2.18 bits per heavy atom. The number of hydrogen-bond donors (Lipinski definition) is 2. The topological polar surface area (TPSA) is 88.1 Å². The summed E-state index contributed by atoms with van der Waals surface area (Å²) in [7, 11) is 0. The van der Waals surface area contributed by atoms with Crippen LogP contribution in [0.25, 0.3) is 0 Å². The summed E-state index contributed by atoms with van der Waals surface area (Å²) in [5, 5.41) is 10.7. The molecule has 0 aliphatic heterocycles. The average molecular weight is 233 g/mol. The maximum absolute atomic E-state index is 11.2. The second-order valence-corrected chi connectivity index (χ2v) is 3.70. The van der Waals surface area contributed by atoms with E-state index in [-0.39, 0.29) is 19.1 Å². The van der Waals surface area contributed by atoms with E-state index in [9.17, 15) is 4.79 Å². The first-order valence-corrected chi connectivity index (χ1v) is 5.17. The van der Waals surface area contributed by atoms with Gasteiger partial charge in [0.15, 0.2) is 6.61 Å². The van der Waals surface area contributed by atoms with Crippen molar-refractivity contribution in [3.8, 4) is 11.8 Å². The van der Waals surface area contributed by atoms with Gasteiger partial charge < -0.3 is 15.8 Å². The molecule has 0 bridgehead atoms. The molecule has 1 aromatic carbocycles. The van der Waals surface area contributed by atoms with Crippen LogP contribution >= 0.6 is 0 Å². The van der Waals surface area contributed by atoms with Gasteiger partial charge in [-0.2, -0.15) is 5.26 Å². The fourth-order valence-corrected chi connectivity index (χ4v) is 1.34. The monoisotopic (exact) mass is 233 g/mol. The first kappa shape index (κ1) is 12.8. The number of aryl methyl sites for hydroxylation is 2. The number of carbonyl (C=O) groups excluding carboxylic acids is 1. The number of nitrogens with one attached hydrogen (secondary N) is 1. The van der Waals surface area contributed by atoms with E-state index in [0.29, 0.717) is 11.4 Å². The molecule has 0 radical (unpaired) electrons. The van der Waals surface area contributed by atoms with Crippen LogP contribution in [0.5, 0.6) is 5.75 Å². The lowest BCUT2D eigenvalue weighted by Gasteiger charge is -2.11. The number of nitriles is 1. The molecular weight excluding hydrogens is 218 g/mol. The Kier molecular flexibility index (Phi) is 4.35. The van der Waals surface area contributed by atoms with E-state index in [2.05, 4.69) is 5.32 Å². The van der Waals surface area contributed by atoms with Crippen molar-refractivity contribution in [1.29, 1.82) is 5.26 Å². The van der Waals surface area contributed by atoms with Gasteiger partial charge in [-0.3, -0.25) is 4.79 Å². The summed E-state index contributed by atoms with van der Waals surface area (Å²) in [6.07, 6.45) is 0. The summed E-state index contributed by atoms with van der Waals surface area (Å²) in [6.45, 7) is 3.66. The minimum Gasteiger partial charge on any atom is -0.483 e. The Morgan fingerprint density at radius 1 is 1.47 bits per heavy atom. The standard InChI is InChI=1S/C12H15N3O2/c1-8-5-9(2)11(6-10(8)14)17-7-12(16)15-4-3-13/h5-6H,4,7,14H2,1-2H3,(H,15,16). The molecule has 17 heavy (non-hydrogen) atoms. The average Bonchev–Trinajstić information content (AvgIpc) is 2.29. The van der Waals surface area contributed by atoms with E-state index >= 15 is 0 Å². The molecule has 0 atom stereocenters. The van der Waals surface area contributed by atoms with E-state index in [0.717, 1.165) is 11.1 Å². The number of anilines is 1. The minimum absolute atomic E-state index is 0.0167. The molecule has 0 saturated carbocycles. The molecule has 0 heterocycles. The summed E-state index contributed by atoms with van der Waals surface area (Å²) in [5.41, 5.74) is 8.28. The van der Waals surface area contributed by atoms with Gasteiger partial charge in [-0.25, -0.2) is 0 Å². The van der Waals surface area contributed by atoms with Crippen molar-refractivity contribution in [2.45, 2.75) is 13.8 Å². The SMILES string of the molecule is Cc1cc(C)c(OCC(=O)NCC#N)cc1N. The van der Waals surface area contributed by atoms with Crippen LogP contribution in [0.15, 0.2) is 12.1 Å². The Bertz CT molecular complexity index is 464. The Hall–Kier alpha value is -2.22. The highest BCUT2D eigenvalue weighted by Gasteiger charge is 2.06. The second-order valence-electron chi connectivity index (χ2n) is 3.70. The highest BCUT2D eigenvalue weighted by atomic mass is 16.5. The number of nitrogens with two attached hydrogens (primary N) is 1. The maximum Gasteiger partial charge on any atom is 0.258 e. The summed E-state index contributed by atoms with van der Waals surface area (Å²) < 4.78 is 5.33. The molecule has 5 heteroatoms. The van der Waals surface area contributed by atoms with Crippen LogP contribution in [0.2, 0.25) is 0 Å². The molecule has 3 N–H and O–H groups in total. The third-order valence-electron chi connectivity index (χ3n) is 2.29. The Labute approximate surface area is 100 Å². The van der Waals surface area contributed by atoms with Crippen LogP contribution in [-0.2, 0) is 4.79 Å². The molecule has 0 aliphatic rings. The van der Waals surface area contributed by atoms with Crippen molar-refractivity contribution in [3.05, 3.63) is 23.3 Å². The van der Waals surface area contributed by atoms with Gasteiger partial charge >= 0.3 is 0 Å². The lowest BCUT2D eigenvalue weighted by atomic mass is 10.1. The molecule has 0 saturated heterocycles. The van der Waals surface area contributed by atoms with Gasteiger partial charge in [0.05, 0.1) is 6.07 Å². The van der Waals surface area contributed by atoms with E-state index in [1.165, 1.54) is 0 Å². The molecule has 0 spiro atoms. The number of ether oxygens (including phenoxy) is 1. The highest BCUT2D eigenvalue weighted by Crippen LogP contribution is 2.24. The molecule has 0 fully saturated rings. The van der Waals surface area contributed by atoms with Crippen molar-refractivity contribution in [1.82, 2.24) is 5.32 Å². The summed E-state index contributed by atoms with van der Waals surface area (Å²) in [4.78, 5) is 11.2. The van der Waals surface area contributed by atoms with Crippen LogP contribution in [0.1, 0.15) is 11.1 Å². The van der Waals surface area contributed by atoms with Crippen LogP contribution in [-0.4, -0.2) is 19.1 Å². The molecule has 1 aromatic rings. The number of carbonyl (C=O) groups is 1. The van der Waals surface area contributed by atoms with Gasteiger partial charge in [-0.1, -0.05) is 6.07 Å². The van der Waals surface area contributed by atoms with Crippen molar-refractivity contribution in [2.24, 2.45) is 0 Å². The molecule has 0 aliphatic carbocycles. The van der Waals surface area contributed by atoms with Crippen LogP contribution < -0.4 is 15.8 Å². The van der Waals surface area contributed by atoms with Crippen molar-refractivity contribution in [3.63, 3.8) is 0 Å². The first-order chi connectivity index (χ1) is 8.04. The number of nitrogens with zero attached hydrogens (tertiary/aromatic N) is 1. The van der Waals surface area contributed by atoms with E-state index in [4.69, 9.17) is 15.7 Å². The van der Waals surface area contributed by atoms with Crippen LogP contribution in [0, 0.1) is 25.2 Å². The first-order valence-electron chi connectivity index (χ1n) is 5.17. The number of rotatable bonds is 4. The van der Waals surface area contributed by atoms with E-state index < -0.39 is 0 Å². The minimum atomic E-state index is -0.329.